The number of nitrogens with one attached hydrogen (secondary N) is 1. The molecule has 3 aromatic heterocycles. The van der Waals surface area contributed by atoms with Gasteiger partial charge in [0, 0.05) is 54.5 Å². The van der Waals surface area contributed by atoms with E-state index in [0.29, 0.717) is 49.6 Å². The molecule has 1 aliphatic heterocycles. The molecule has 0 saturated carbocycles. The van der Waals surface area contributed by atoms with Gasteiger partial charge in [0.2, 0.25) is 5.91 Å². The van der Waals surface area contributed by atoms with E-state index in [1.165, 1.54) is 0 Å². The van der Waals surface area contributed by atoms with E-state index in [9.17, 15) is 14.4 Å². The number of benzene rings is 2. The van der Waals surface area contributed by atoms with E-state index in [-0.39, 0.29) is 17.9 Å². The van der Waals surface area contributed by atoms with Crippen LogP contribution in [0.3, 0.4) is 0 Å². The molecule has 6 rings (SSSR count). The number of H-pyrrole nitrogens is 1. The maximum absolute atomic E-state index is 14.0. The minimum absolute atomic E-state index is 0.00631. The monoisotopic (exact) mass is 605 g/mol. The number of amides is 1. The number of aromatic amines is 1. The summed E-state index contributed by atoms with van der Waals surface area (Å²) in [5.74, 6) is 1.09. The second-order valence-electron chi connectivity index (χ2n) is 11.4. The predicted octanol–water partition coefficient (Wildman–Crippen LogP) is 4.18. The van der Waals surface area contributed by atoms with Gasteiger partial charge in [0.05, 0.1) is 18.7 Å². The van der Waals surface area contributed by atoms with Crippen molar-refractivity contribution in [3.05, 3.63) is 115 Å². The number of carbonyl (C=O) groups excluding carboxylic acids is 1. The van der Waals surface area contributed by atoms with E-state index in [2.05, 4.69) is 27.0 Å². The second kappa shape index (κ2) is 12.8. The molecule has 0 atom stereocenters. The van der Waals surface area contributed by atoms with Crippen molar-refractivity contribution in [3.63, 3.8) is 0 Å². The third kappa shape index (κ3) is 6.38. The van der Waals surface area contributed by atoms with Gasteiger partial charge in [-0.05, 0) is 37.0 Å². The van der Waals surface area contributed by atoms with E-state index < -0.39 is 5.76 Å². The Balaban J connectivity index is 1.26. The Hall–Kier alpha value is -5.19. The highest BCUT2D eigenvalue weighted by molar-refractivity contribution is 5.80. The lowest BCUT2D eigenvalue weighted by molar-refractivity contribution is -0.131. The topological polar surface area (TPSA) is 140 Å². The number of carbonyl (C=O) groups is 1. The number of nitrogens with zero attached hydrogens (tertiary/aromatic N) is 6. The third-order valence-electron chi connectivity index (χ3n) is 8.27. The molecular formula is C34H35N7O4. The largest absolute Gasteiger partial charge is 0.439 e. The normalized spacial score (nSPS) is 12.7. The van der Waals surface area contributed by atoms with E-state index >= 15 is 0 Å². The average Bonchev–Trinajstić information content (AvgIpc) is 3.49. The van der Waals surface area contributed by atoms with Crippen LogP contribution in [0.25, 0.3) is 22.5 Å². The standard InChI is InChI=1S/C34H35N7O4/c1-4-5-10-30-36-21(2)28(17-31(42)40-16-15-29-25(20-40)18-35-22(3)37-29)33(43)41(30)19-23-11-13-24(14-12-23)26-8-6-7-9-27(26)32-38-34(44)45-39-32/h6-9,11-14,18H,4-5,10,15-17,19-20H2,1-3H3,(H,38,39,44). The van der Waals surface area contributed by atoms with Crippen LogP contribution in [0, 0.1) is 13.8 Å². The second-order valence-corrected chi connectivity index (χ2v) is 11.4. The Morgan fingerprint density at radius 1 is 1.02 bits per heavy atom. The van der Waals surface area contributed by atoms with Crippen LogP contribution in [0.4, 0.5) is 0 Å². The van der Waals surface area contributed by atoms with Crippen molar-refractivity contribution in [2.24, 2.45) is 0 Å². The number of unbranched alkanes of at least 4 members (excludes halogenated alkanes) is 1. The summed E-state index contributed by atoms with van der Waals surface area (Å²) in [7, 11) is 0. The van der Waals surface area contributed by atoms with Gasteiger partial charge in [0.15, 0.2) is 5.82 Å². The van der Waals surface area contributed by atoms with Crippen LogP contribution in [0.5, 0.6) is 0 Å². The fourth-order valence-corrected chi connectivity index (χ4v) is 5.80. The first-order chi connectivity index (χ1) is 21.8. The summed E-state index contributed by atoms with van der Waals surface area (Å²) in [6.45, 7) is 7.11. The molecule has 5 aromatic rings. The van der Waals surface area contributed by atoms with E-state index in [4.69, 9.17) is 9.51 Å². The van der Waals surface area contributed by atoms with E-state index in [0.717, 1.165) is 58.0 Å². The lowest BCUT2D eigenvalue weighted by atomic mass is 9.98. The summed E-state index contributed by atoms with van der Waals surface area (Å²) in [5, 5.41) is 3.85. The SMILES string of the molecule is CCCCc1nc(C)c(CC(=O)N2CCc3nc(C)ncc3C2)c(=O)n1Cc1ccc(-c2ccccc2-c2noc(=O)[nH]2)cc1. The first-order valence-corrected chi connectivity index (χ1v) is 15.2. The third-order valence-corrected chi connectivity index (χ3v) is 8.27. The molecule has 0 bridgehead atoms. The maximum atomic E-state index is 14.0. The first-order valence-electron chi connectivity index (χ1n) is 15.2. The van der Waals surface area contributed by atoms with E-state index in [1.54, 1.807) is 15.7 Å². The molecule has 0 radical (unpaired) electrons. The van der Waals surface area contributed by atoms with Gasteiger partial charge in [0.25, 0.3) is 5.56 Å². The molecule has 0 saturated heterocycles. The number of rotatable bonds is 9. The zero-order chi connectivity index (χ0) is 31.5. The van der Waals surface area contributed by atoms with Crippen LogP contribution in [-0.4, -0.2) is 47.0 Å². The minimum atomic E-state index is -0.613. The van der Waals surface area contributed by atoms with Crippen LogP contribution in [0.15, 0.2) is 68.8 Å². The van der Waals surface area contributed by atoms with Gasteiger partial charge in [-0.25, -0.2) is 19.7 Å². The van der Waals surface area contributed by atoms with Gasteiger partial charge >= 0.3 is 5.76 Å². The fraction of sp³-hybridized carbons (Fsp3) is 0.324. The quantitative estimate of drug-likeness (QED) is 0.264. The summed E-state index contributed by atoms with van der Waals surface area (Å²) in [4.78, 5) is 57.1. The molecule has 11 nitrogen and oxygen atoms in total. The molecule has 0 spiro atoms. The summed E-state index contributed by atoms with van der Waals surface area (Å²) in [6.07, 6.45) is 4.99. The molecule has 1 N–H and O–H groups in total. The zero-order valence-corrected chi connectivity index (χ0v) is 25.7. The van der Waals surface area contributed by atoms with Gasteiger partial charge in [-0.3, -0.25) is 23.7 Å². The van der Waals surface area contributed by atoms with Crippen LogP contribution in [-0.2, 0) is 37.1 Å². The van der Waals surface area contributed by atoms with Crippen molar-refractivity contribution in [2.45, 2.75) is 66.0 Å². The Labute approximate surface area is 260 Å². The molecule has 4 heterocycles. The van der Waals surface area contributed by atoms with Gasteiger partial charge in [-0.15, -0.1) is 0 Å². The molecule has 230 valence electrons. The molecule has 45 heavy (non-hydrogen) atoms. The highest BCUT2D eigenvalue weighted by Crippen LogP contribution is 2.30. The van der Waals surface area contributed by atoms with E-state index in [1.807, 2.05) is 62.4 Å². The smallest absolute Gasteiger partial charge is 0.338 e. The zero-order valence-electron chi connectivity index (χ0n) is 25.7. The van der Waals surface area contributed by atoms with Gasteiger partial charge < -0.3 is 4.90 Å². The van der Waals surface area contributed by atoms with Crippen molar-refractivity contribution in [1.82, 2.24) is 34.6 Å². The number of hydrogen-bond acceptors (Lipinski definition) is 8. The van der Waals surface area contributed by atoms with Crippen LogP contribution >= 0.6 is 0 Å². The molecule has 1 amide bonds. The number of hydrogen-bond donors (Lipinski definition) is 1. The van der Waals surface area contributed by atoms with Crippen molar-refractivity contribution in [3.8, 4) is 22.5 Å². The molecule has 0 unspecified atom stereocenters. The van der Waals surface area contributed by atoms with Crippen LogP contribution in [0.2, 0.25) is 0 Å². The number of aryl methyl sites for hydroxylation is 3. The fourth-order valence-electron chi connectivity index (χ4n) is 5.80. The van der Waals surface area contributed by atoms with Crippen molar-refractivity contribution in [1.29, 1.82) is 0 Å². The minimum Gasteiger partial charge on any atom is -0.338 e. The van der Waals surface area contributed by atoms with Gasteiger partial charge in [0.1, 0.15) is 11.6 Å². The molecule has 11 heteroatoms. The number of aromatic nitrogens is 6. The summed E-state index contributed by atoms with van der Waals surface area (Å²) in [5.41, 5.74) is 6.26. The number of fused-ring (bicyclic) bond motifs is 1. The molecular weight excluding hydrogens is 570 g/mol. The van der Waals surface area contributed by atoms with Crippen LogP contribution in [0.1, 0.15) is 59.5 Å². The molecule has 2 aromatic carbocycles. The molecule has 0 fully saturated rings. The summed E-state index contributed by atoms with van der Waals surface area (Å²) < 4.78 is 6.43. The van der Waals surface area contributed by atoms with Crippen molar-refractivity contribution < 1.29 is 9.32 Å². The van der Waals surface area contributed by atoms with Crippen molar-refractivity contribution in [2.75, 3.05) is 6.54 Å². The Kier molecular flexibility index (Phi) is 8.50. The maximum Gasteiger partial charge on any atom is 0.439 e. The molecule has 0 aliphatic carbocycles. The Morgan fingerprint density at radius 3 is 2.53 bits per heavy atom. The predicted molar refractivity (Wildman–Crippen MR) is 169 cm³/mol. The average molecular weight is 606 g/mol. The highest BCUT2D eigenvalue weighted by atomic mass is 16.5. The highest BCUT2D eigenvalue weighted by Gasteiger charge is 2.25. The lowest BCUT2D eigenvalue weighted by Gasteiger charge is -2.28. The van der Waals surface area contributed by atoms with Crippen molar-refractivity contribution >= 4 is 5.91 Å². The summed E-state index contributed by atoms with van der Waals surface area (Å²) in [6, 6.07) is 15.5. The van der Waals surface area contributed by atoms with Crippen LogP contribution < -0.4 is 11.3 Å². The van der Waals surface area contributed by atoms with Gasteiger partial charge in [-0.2, -0.15) is 0 Å². The Morgan fingerprint density at radius 2 is 1.80 bits per heavy atom. The lowest BCUT2D eigenvalue weighted by Crippen LogP contribution is -2.39. The Bertz CT molecular complexity index is 1970. The first kappa shape index (κ1) is 29.9. The summed E-state index contributed by atoms with van der Waals surface area (Å²) >= 11 is 0. The van der Waals surface area contributed by atoms with Gasteiger partial charge in [-0.1, -0.05) is 67.0 Å². The molecule has 1 aliphatic rings.